The van der Waals surface area contributed by atoms with Gasteiger partial charge in [0, 0.05) is 30.5 Å². The number of likely N-dealkylation sites (tertiary alicyclic amines) is 1. The van der Waals surface area contributed by atoms with Crippen molar-refractivity contribution >= 4 is 17.7 Å². The summed E-state index contributed by atoms with van der Waals surface area (Å²) < 4.78 is 5.73. The first kappa shape index (κ1) is 24.2. The Labute approximate surface area is 212 Å². The van der Waals surface area contributed by atoms with Crippen molar-refractivity contribution in [2.24, 2.45) is 0 Å². The molecule has 1 saturated heterocycles. The highest BCUT2D eigenvalue weighted by atomic mass is 16.5. The van der Waals surface area contributed by atoms with E-state index in [-0.39, 0.29) is 18.2 Å². The van der Waals surface area contributed by atoms with Crippen molar-refractivity contribution in [3.63, 3.8) is 0 Å². The standard InChI is InChI=1S/C28H34N6O2/c1-18(2)36-25-16-34(17-25)28(35)31-15-22-5-4-21(12-19(22)3)26-9-11-30-27(33-26)32-24-7-6-20-8-10-29-14-23(20)13-24/h4-7,9,11-13,18,25,29H,8,10,14-17H2,1-3H3,(H,31,35)(H,30,32,33). The molecule has 1 aromatic heterocycles. The molecule has 0 radical (unpaired) electrons. The number of nitrogens with zero attached hydrogens (tertiary/aromatic N) is 3. The molecule has 3 heterocycles. The minimum Gasteiger partial charge on any atom is -0.372 e. The van der Waals surface area contributed by atoms with Gasteiger partial charge in [-0.2, -0.15) is 0 Å². The van der Waals surface area contributed by atoms with Crippen LogP contribution in [0.25, 0.3) is 11.3 Å². The second-order valence-electron chi connectivity index (χ2n) is 9.81. The second kappa shape index (κ2) is 10.6. The lowest BCUT2D eigenvalue weighted by molar-refractivity contribution is -0.0641. The van der Waals surface area contributed by atoms with Gasteiger partial charge in [-0.25, -0.2) is 14.8 Å². The van der Waals surface area contributed by atoms with E-state index in [1.54, 1.807) is 11.1 Å². The lowest BCUT2D eigenvalue weighted by Crippen LogP contribution is -2.58. The SMILES string of the molecule is Cc1cc(-c2ccnc(Nc3ccc4c(c3)CNCC4)n2)ccc1CNC(=O)N1CC(OC(C)C)C1. The van der Waals surface area contributed by atoms with E-state index >= 15 is 0 Å². The highest BCUT2D eigenvalue weighted by Crippen LogP contribution is 2.24. The molecule has 5 rings (SSSR count). The van der Waals surface area contributed by atoms with Crippen LogP contribution in [-0.4, -0.2) is 52.7 Å². The number of carbonyl (C=O) groups is 1. The molecule has 0 atom stereocenters. The van der Waals surface area contributed by atoms with Gasteiger partial charge in [-0.1, -0.05) is 18.2 Å². The fourth-order valence-electron chi connectivity index (χ4n) is 4.68. The number of benzene rings is 2. The summed E-state index contributed by atoms with van der Waals surface area (Å²) in [5.41, 5.74) is 7.75. The molecule has 8 heteroatoms. The Balaban J connectivity index is 1.20. The summed E-state index contributed by atoms with van der Waals surface area (Å²) in [5, 5.41) is 9.79. The summed E-state index contributed by atoms with van der Waals surface area (Å²) in [6.07, 6.45) is 3.17. The average molecular weight is 487 g/mol. The third-order valence-corrected chi connectivity index (χ3v) is 6.67. The summed E-state index contributed by atoms with van der Waals surface area (Å²) in [6.45, 7) is 9.79. The minimum atomic E-state index is -0.0495. The van der Waals surface area contributed by atoms with Crippen LogP contribution >= 0.6 is 0 Å². The van der Waals surface area contributed by atoms with Crippen LogP contribution in [0.3, 0.4) is 0 Å². The van der Waals surface area contributed by atoms with Gasteiger partial charge in [0.05, 0.1) is 31.0 Å². The smallest absolute Gasteiger partial charge is 0.317 e. The number of hydrogen-bond donors (Lipinski definition) is 3. The molecule has 0 aliphatic carbocycles. The lowest BCUT2D eigenvalue weighted by Gasteiger charge is -2.39. The number of aryl methyl sites for hydroxylation is 1. The van der Waals surface area contributed by atoms with E-state index in [1.807, 2.05) is 26.0 Å². The van der Waals surface area contributed by atoms with Crippen LogP contribution in [0.15, 0.2) is 48.7 Å². The Kier molecular flexibility index (Phi) is 7.16. The summed E-state index contributed by atoms with van der Waals surface area (Å²) in [4.78, 5) is 23.4. The Bertz CT molecular complexity index is 1240. The van der Waals surface area contributed by atoms with Crippen LogP contribution in [0, 0.1) is 6.92 Å². The quantitative estimate of drug-likeness (QED) is 0.465. The minimum absolute atomic E-state index is 0.0495. The first-order chi connectivity index (χ1) is 17.4. The fraction of sp³-hybridized carbons (Fsp3) is 0.393. The molecular formula is C28H34N6O2. The highest BCUT2D eigenvalue weighted by molar-refractivity contribution is 5.75. The van der Waals surface area contributed by atoms with Crippen LogP contribution in [0.5, 0.6) is 0 Å². The first-order valence-electron chi connectivity index (χ1n) is 12.7. The van der Waals surface area contributed by atoms with Crippen molar-refractivity contribution in [1.82, 2.24) is 25.5 Å². The fourth-order valence-corrected chi connectivity index (χ4v) is 4.68. The number of urea groups is 1. The molecule has 0 bridgehead atoms. The van der Waals surface area contributed by atoms with E-state index in [1.165, 1.54) is 11.1 Å². The van der Waals surface area contributed by atoms with Crippen molar-refractivity contribution in [2.75, 3.05) is 25.0 Å². The number of aromatic nitrogens is 2. The lowest BCUT2D eigenvalue weighted by atomic mass is 10.0. The third-order valence-electron chi connectivity index (χ3n) is 6.67. The molecule has 2 aromatic carbocycles. The predicted octanol–water partition coefficient (Wildman–Crippen LogP) is 4.16. The van der Waals surface area contributed by atoms with Crippen molar-refractivity contribution in [2.45, 2.75) is 52.5 Å². The highest BCUT2D eigenvalue weighted by Gasteiger charge is 2.31. The van der Waals surface area contributed by atoms with Crippen molar-refractivity contribution < 1.29 is 9.53 Å². The number of anilines is 2. The summed E-state index contributed by atoms with van der Waals surface area (Å²) in [5.74, 6) is 0.569. The zero-order valence-electron chi connectivity index (χ0n) is 21.2. The Morgan fingerprint density at radius 2 is 2.03 bits per heavy atom. The number of fused-ring (bicyclic) bond motifs is 1. The molecule has 8 nitrogen and oxygen atoms in total. The number of hydrogen-bond acceptors (Lipinski definition) is 6. The molecule has 2 amide bonds. The van der Waals surface area contributed by atoms with Crippen LogP contribution in [0.2, 0.25) is 0 Å². The molecule has 1 fully saturated rings. The summed E-state index contributed by atoms with van der Waals surface area (Å²) in [6, 6.07) is 14.5. The summed E-state index contributed by atoms with van der Waals surface area (Å²) >= 11 is 0. The van der Waals surface area contributed by atoms with Gasteiger partial charge in [-0.15, -0.1) is 0 Å². The molecular weight excluding hydrogens is 452 g/mol. The largest absolute Gasteiger partial charge is 0.372 e. The molecule has 3 aromatic rings. The molecule has 0 saturated carbocycles. The zero-order valence-corrected chi connectivity index (χ0v) is 21.2. The van der Waals surface area contributed by atoms with Gasteiger partial charge >= 0.3 is 6.03 Å². The van der Waals surface area contributed by atoms with Crippen molar-refractivity contribution in [3.8, 4) is 11.3 Å². The zero-order chi connectivity index (χ0) is 25.1. The van der Waals surface area contributed by atoms with Crippen LogP contribution in [0.1, 0.15) is 36.1 Å². The van der Waals surface area contributed by atoms with E-state index in [4.69, 9.17) is 9.72 Å². The van der Waals surface area contributed by atoms with Crippen molar-refractivity contribution in [3.05, 3.63) is 70.9 Å². The van der Waals surface area contributed by atoms with Gasteiger partial charge in [0.2, 0.25) is 5.95 Å². The second-order valence-corrected chi connectivity index (χ2v) is 9.81. The van der Waals surface area contributed by atoms with Gasteiger partial charge in [-0.05, 0) is 80.3 Å². The van der Waals surface area contributed by atoms with Crippen molar-refractivity contribution in [1.29, 1.82) is 0 Å². The van der Waals surface area contributed by atoms with E-state index in [0.717, 1.165) is 47.6 Å². The van der Waals surface area contributed by atoms with Crippen LogP contribution in [-0.2, 0) is 24.2 Å². The summed E-state index contributed by atoms with van der Waals surface area (Å²) in [7, 11) is 0. The van der Waals surface area contributed by atoms with Gasteiger partial charge in [0.1, 0.15) is 0 Å². The topological polar surface area (TPSA) is 91.4 Å². The maximum Gasteiger partial charge on any atom is 0.317 e. The number of nitrogens with one attached hydrogen (secondary N) is 3. The normalized spacial score (nSPS) is 15.4. The van der Waals surface area contributed by atoms with Gasteiger partial charge in [0.25, 0.3) is 0 Å². The molecule has 0 unspecified atom stereocenters. The third kappa shape index (κ3) is 5.66. The maximum atomic E-state index is 12.4. The van der Waals surface area contributed by atoms with E-state index in [2.05, 4.69) is 58.2 Å². The predicted molar refractivity (Wildman–Crippen MR) is 141 cm³/mol. The Morgan fingerprint density at radius 1 is 1.17 bits per heavy atom. The van der Waals surface area contributed by atoms with Gasteiger partial charge in [0.15, 0.2) is 0 Å². The van der Waals surface area contributed by atoms with Gasteiger partial charge < -0.3 is 25.6 Å². The van der Waals surface area contributed by atoms with Crippen LogP contribution in [0.4, 0.5) is 16.4 Å². The first-order valence-corrected chi connectivity index (χ1v) is 12.7. The van der Waals surface area contributed by atoms with Crippen LogP contribution < -0.4 is 16.0 Å². The Hall–Kier alpha value is -3.49. The molecule has 36 heavy (non-hydrogen) atoms. The molecule has 188 valence electrons. The number of rotatable bonds is 7. The number of ether oxygens (including phenoxy) is 1. The van der Waals surface area contributed by atoms with E-state index < -0.39 is 0 Å². The van der Waals surface area contributed by atoms with E-state index in [9.17, 15) is 4.79 Å². The number of amides is 2. The number of carbonyl (C=O) groups excluding carboxylic acids is 1. The Morgan fingerprint density at radius 3 is 2.83 bits per heavy atom. The average Bonchev–Trinajstić information content (AvgIpc) is 2.85. The molecule has 2 aliphatic rings. The molecule has 0 spiro atoms. The molecule has 2 aliphatic heterocycles. The maximum absolute atomic E-state index is 12.4. The monoisotopic (exact) mass is 486 g/mol. The van der Waals surface area contributed by atoms with Gasteiger partial charge in [-0.3, -0.25) is 0 Å². The van der Waals surface area contributed by atoms with E-state index in [0.29, 0.717) is 25.6 Å². The molecule has 3 N–H and O–H groups in total.